The number of carbonyl (C=O) groups is 2. The van der Waals surface area contributed by atoms with Gasteiger partial charge < -0.3 is 10.2 Å². The molecule has 3 aromatic rings. The van der Waals surface area contributed by atoms with E-state index in [0.717, 1.165) is 15.3 Å². The Morgan fingerprint density at radius 3 is 2.50 bits per heavy atom. The van der Waals surface area contributed by atoms with Crippen LogP contribution in [0.15, 0.2) is 66.7 Å². The van der Waals surface area contributed by atoms with Gasteiger partial charge in [0.05, 0.1) is 10.7 Å². The van der Waals surface area contributed by atoms with Crippen LogP contribution in [0.1, 0.15) is 15.2 Å². The second-order valence-electron chi connectivity index (χ2n) is 6.28. The summed E-state index contributed by atoms with van der Waals surface area (Å²) in [5.41, 5.74) is 2.00. The predicted molar refractivity (Wildman–Crippen MR) is 117 cm³/mol. The van der Waals surface area contributed by atoms with Crippen molar-refractivity contribution in [2.24, 2.45) is 0 Å². The molecule has 0 aliphatic heterocycles. The van der Waals surface area contributed by atoms with Gasteiger partial charge in [0.1, 0.15) is 0 Å². The summed E-state index contributed by atoms with van der Waals surface area (Å²) in [7, 11) is 3.34. The Morgan fingerprint density at radius 2 is 1.79 bits per heavy atom. The van der Waals surface area contributed by atoms with Crippen molar-refractivity contribution < 1.29 is 9.59 Å². The minimum absolute atomic E-state index is 0.158. The number of thiophene rings is 1. The van der Waals surface area contributed by atoms with E-state index in [4.69, 9.17) is 11.6 Å². The Morgan fingerprint density at radius 1 is 1.04 bits per heavy atom. The summed E-state index contributed by atoms with van der Waals surface area (Å²) >= 11 is 7.76. The molecule has 3 rings (SSSR count). The van der Waals surface area contributed by atoms with Crippen molar-refractivity contribution in [3.63, 3.8) is 0 Å². The van der Waals surface area contributed by atoms with Crippen LogP contribution in [0.25, 0.3) is 16.5 Å². The molecule has 2 aromatic carbocycles. The summed E-state index contributed by atoms with van der Waals surface area (Å²) in [5, 5.41) is 3.10. The van der Waals surface area contributed by atoms with Crippen LogP contribution < -0.4 is 5.32 Å². The fraction of sp³-hybridized carbons (Fsp3) is 0.0909. The van der Waals surface area contributed by atoms with Crippen molar-refractivity contribution in [3.8, 4) is 10.4 Å². The Bertz CT molecular complexity index is 1030. The first kappa shape index (κ1) is 19.9. The van der Waals surface area contributed by atoms with E-state index in [2.05, 4.69) is 17.4 Å². The van der Waals surface area contributed by atoms with Gasteiger partial charge in [0.15, 0.2) is 0 Å². The first-order valence-electron chi connectivity index (χ1n) is 8.59. The molecule has 0 saturated heterocycles. The summed E-state index contributed by atoms with van der Waals surface area (Å²) in [5.74, 6) is -0.472. The summed E-state index contributed by atoms with van der Waals surface area (Å²) in [6.07, 6.45) is 3.21. The van der Waals surface area contributed by atoms with Gasteiger partial charge in [-0.05, 0) is 42.0 Å². The second kappa shape index (κ2) is 8.87. The van der Waals surface area contributed by atoms with E-state index in [9.17, 15) is 9.59 Å². The molecule has 1 aromatic heterocycles. The van der Waals surface area contributed by atoms with Crippen LogP contribution in [0.3, 0.4) is 0 Å². The summed E-state index contributed by atoms with van der Waals surface area (Å²) in [4.78, 5) is 27.9. The number of amides is 2. The first-order chi connectivity index (χ1) is 13.4. The zero-order chi connectivity index (χ0) is 20.1. The number of hydrogen-bond donors (Lipinski definition) is 1. The lowest BCUT2D eigenvalue weighted by molar-refractivity contribution is -0.111. The predicted octanol–water partition coefficient (Wildman–Crippen LogP) is 5.42. The minimum atomic E-state index is -0.314. The Labute approximate surface area is 173 Å². The molecular weight excluding hydrogens is 392 g/mol. The molecular formula is C22H19ClN2O2S. The lowest BCUT2D eigenvalue weighted by atomic mass is 10.1. The largest absolute Gasteiger partial charge is 0.345 e. The van der Waals surface area contributed by atoms with Gasteiger partial charge in [0.2, 0.25) is 5.91 Å². The zero-order valence-electron chi connectivity index (χ0n) is 15.5. The van der Waals surface area contributed by atoms with E-state index in [1.807, 2.05) is 30.3 Å². The SMILES string of the molecule is CN(C)C(=O)c1ccc(Cl)c(NC(=O)/C=C/c2ccc(-c3ccccc3)s2)c1. The van der Waals surface area contributed by atoms with Crippen LogP contribution in [-0.2, 0) is 4.79 Å². The molecule has 6 heteroatoms. The highest BCUT2D eigenvalue weighted by atomic mass is 35.5. The third-order valence-corrected chi connectivity index (χ3v) is 5.39. The maximum absolute atomic E-state index is 12.3. The highest BCUT2D eigenvalue weighted by molar-refractivity contribution is 7.16. The van der Waals surface area contributed by atoms with E-state index in [1.165, 1.54) is 11.0 Å². The van der Waals surface area contributed by atoms with Gasteiger partial charge in [0, 0.05) is 35.5 Å². The van der Waals surface area contributed by atoms with Gasteiger partial charge in [-0.25, -0.2) is 0 Å². The van der Waals surface area contributed by atoms with Crippen LogP contribution >= 0.6 is 22.9 Å². The second-order valence-corrected chi connectivity index (χ2v) is 7.81. The third-order valence-electron chi connectivity index (χ3n) is 3.96. The van der Waals surface area contributed by atoms with E-state index in [-0.39, 0.29) is 11.8 Å². The maximum Gasteiger partial charge on any atom is 0.253 e. The Balaban J connectivity index is 1.70. The van der Waals surface area contributed by atoms with Crippen molar-refractivity contribution in [1.29, 1.82) is 0 Å². The van der Waals surface area contributed by atoms with Gasteiger partial charge in [-0.2, -0.15) is 0 Å². The maximum atomic E-state index is 12.3. The molecule has 0 atom stereocenters. The Kier molecular flexibility index (Phi) is 6.29. The average Bonchev–Trinajstić information content (AvgIpc) is 3.17. The quantitative estimate of drug-likeness (QED) is 0.571. The van der Waals surface area contributed by atoms with Crippen LogP contribution in [0.5, 0.6) is 0 Å². The molecule has 28 heavy (non-hydrogen) atoms. The zero-order valence-corrected chi connectivity index (χ0v) is 17.1. The molecule has 142 valence electrons. The topological polar surface area (TPSA) is 49.4 Å². The van der Waals surface area contributed by atoms with Gasteiger partial charge in [-0.1, -0.05) is 41.9 Å². The molecule has 1 N–H and O–H groups in total. The van der Waals surface area contributed by atoms with Crippen LogP contribution in [0, 0.1) is 0 Å². The third kappa shape index (κ3) is 4.88. The highest BCUT2D eigenvalue weighted by Crippen LogP contribution is 2.28. The summed E-state index contributed by atoms with van der Waals surface area (Å²) in [6.45, 7) is 0. The number of anilines is 1. The number of hydrogen-bond acceptors (Lipinski definition) is 3. The molecule has 0 spiro atoms. The number of nitrogens with one attached hydrogen (secondary N) is 1. The van der Waals surface area contributed by atoms with Crippen LogP contribution in [-0.4, -0.2) is 30.8 Å². The first-order valence-corrected chi connectivity index (χ1v) is 9.79. The summed E-state index contributed by atoms with van der Waals surface area (Å²) < 4.78 is 0. The van der Waals surface area contributed by atoms with Gasteiger partial charge in [0.25, 0.3) is 5.91 Å². The normalized spacial score (nSPS) is 10.8. The van der Waals surface area contributed by atoms with Gasteiger partial charge in [-0.3, -0.25) is 9.59 Å². The number of halogens is 1. The summed E-state index contributed by atoms with van der Waals surface area (Å²) in [6, 6.07) is 18.9. The van der Waals surface area contributed by atoms with Crippen molar-refractivity contribution in [2.45, 2.75) is 0 Å². The smallest absolute Gasteiger partial charge is 0.253 e. The lowest BCUT2D eigenvalue weighted by Crippen LogP contribution is -2.21. The number of rotatable bonds is 5. The van der Waals surface area contributed by atoms with E-state index in [1.54, 1.807) is 49.7 Å². The molecule has 0 radical (unpaired) electrons. The fourth-order valence-electron chi connectivity index (χ4n) is 2.54. The number of nitrogens with zero attached hydrogens (tertiary/aromatic N) is 1. The minimum Gasteiger partial charge on any atom is -0.345 e. The van der Waals surface area contributed by atoms with Gasteiger partial charge >= 0.3 is 0 Å². The highest BCUT2D eigenvalue weighted by Gasteiger charge is 2.11. The van der Waals surface area contributed by atoms with E-state index < -0.39 is 0 Å². The molecule has 0 unspecified atom stereocenters. The van der Waals surface area contributed by atoms with Crippen LogP contribution in [0.4, 0.5) is 5.69 Å². The molecule has 0 saturated carbocycles. The molecule has 0 bridgehead atoms. The molecule has 0 aliphatic carbocycles. The van der Waals surface area contributed by atoms with Crippen molar-refractivity contribution in [3.05, 3.63) is 82.2 Å². The standard InChI is InChI=1S/C22H19ClN2O2S/c1-25(2)22(27)16-8-11-18(23)19(14-16)24-21(26)13-10-17-9-12-20(28-17)15-6-4-3-5-7-15/h3-14H,1-2H3,(H,24,26)/b13-10+. The van der Waals surface area contributed by atoms with E-state index >= 15 is 0 Å². The average molecular weight is 411 g/mol. The van der Waals surface area contributed by atoms with Gasteiger partial charge in [-0.15, -0.1) is 11.3 Å². The molecule has 0 aliphatic rings. The molecule has 1 heterocycles. The van der Waals surface area contributed by atoms with Crippen molar-refractivity contribution in [1.82, 2.24) is 4.90 Å². The molecule has 2 amide bonds. The van der Waals surface area contributed by atoms with E-state index in [0.29, 0.717) is 16.3 Å². The fourth-order valence-corrected chi connectivity index (χ4v) is 3.63. The molecule has 4 nitrogen and oxygen atoms in total. The number of carbonyl (C=O) groups excluding carboxylic acids is 2. The Hall–Kier alpha value is -2.89. The van der Waals surface area contributed by atoms with Crippen molar-refractivity contribution in [2.75, 3.05) is 19.4 Å². The molecule has 0 fully saturated rings. The van der Waals surface area contributed by atoms with Crippen molar-refractivity contribution >= 4 is 46.5 Å². The monoisotopic (exact) mass is 410 g/mol. The van der Waals surface area contributed by atoms with Crippen LogP contribution in [0.2, 0.25) is 5.02 Å². The number of benzene rings is 2. The lowest BCUT2D eigenvalue weighted by Gasteiger charge is -2.12.